The average Bonchev–Trinajstić information content (AvgIpc) is 2.18. The number of hydrogen-bond acceptors (Lipinski definition) is 4. The van der Waals surface area contributed by atoms with E-state index in [2.05, 4.69) is 34.3 Å². The van der Waals surface area contributed by atoms with Crippen molar-refractivity contribution in [3.05, 3.63) is 17.5 Å². The van der Waals surface area contributed by atoms with E-state index in [0.29, 0.717) is 11.0 Å². The van der Waals surface area contributed by atoms with Crippen LogP contribution in [0.25, 0.3) is 0 Å². The number of nitrogens with one attached hydrogen (secondary N) is 1. The van der Waals surface area contributed by atoms with Gasteiger partial charge in [-0.15, -0.1) is 0 Å². The van der Waals surface area contributed by atoms with E-state index < -0.39 is 0 Å². The third-order valence-corrected chi connectivity index (χ3v) is 3.75. The monoisotopic (exact) mass is 240 g/mol. The van der Waals surface area contributed by atoms with E-state index in [9.17, 15) is 0 Å². The molecule has 0 unspecified atom stereocenters. The number of likely N-dealkylation sites (N-methyl/N-ethyl adjacent to an activating group) is 1. The molecule has 1 aliphatic carbocycles. The Morgan fingerprint density at radius 1 is 1.38 bits per heavy atom. The summed E-state index contributed by atoms with van der Waals surface area (Å²) < 4.78 is 0. The SMILES string of the molecule is CN(C)C1(CNc2nccnc2Cl)CCC1. The van der Waals surface area contributed by atoms with Crippen molar-refractivity contribution in [1.82, 2.24) is 14.9 Å². The molecule has 1 heterocycles. The molecular weight excluding hydrogens is 224 g/mol. The van der Waals surface area contributed by atoms with E-state index in [1.807, 2.05) is 0 Å². The Bertz CT molecular complexity index is 363. The van der Waals surface area contributed by atoms with Crippen LogP contribution in [0.1, 0.15) is 19.3 Å². The van der Waals surface area contributed by atoms with Crippen LogP contribution in [-0.4, -0.2) is 41.0 Å². The fourth-order valence-corrected chi connectivity index (χ4v) is 2.23. The van der Waals surface area contributed by atoms with Crippen LogP contribution in [0.3, 0.4) is 0 Å². The van der Waals surface area contributed by atoms with E-state index in [4.69, 9.17) is 11.6 Å². The fourth-order valence-electron chi connectivity index (χ4n) is 2.05. The number of anilines is 1. The number of nitrogens with zero attached hydrogens (tertiary/aromatic N) is 3. The van der Waals surface area contributed by atoms with Crippen molar-refractivity contribution in [2.45, 2.75) is 24.8 Å². The lowest BCUT2D eigenvalue weighted by Crippen LogP contribution is -2.54. The summed E-state index contributed by atoms with van der Waals surface area (Å²) in [4.78, 5) is 10.5. The maximum absolute atomic E-state index is 5.94. The van der Waals surface area contributed by atoms with Crippen molar-refractivity contribution in [3.63, 3.8) is 0 Å². The van der Waals surface area contributed by atoms with Gasteiger partial charge >= 0.3 is 0 Å². The molecule has 0 spiro atoms. The fraction of sp³-hybridized carbons (Fsp3) is 0.636. The van der Waals surface area contributed by atoms with Crippen molar-refractivity contribution in [3.8, 4) is 0 Å². The summed E-state index contributed by atoms with van der Waals surface area (Å²) in [5, 5.41) is 3.73. The third kappa shape index (κ3) is 2.13. The molecule has 0 atom stereocenters. The van der Waals surface area contributed by atoms with Gasteiger partial charge in [0, 0.05) is 24.5 Å². The highest BCUT2D eigenvalue weighted by molar-refractivity contribution is 6.31. The highest BCUT2D eigenvalue weighted by Gasteiger charge is 2.38. The van der Waals surface area contributed by atoms with E-state index in [1.165, 1.54) is 19.3 Å². The van der Waals surface area contributed by atoms with Crippen molar-refractivity contribution >= 4 is 17.4 Å². The Balaban J connectivity index is 1.99. The van der Waals surface area contributed by atoms with Gasteiger partial charge in [0.05, 0.1) is 0 Å². The van der Waals surface area contributed by atoms with Gasteiger partial charge in [-0.05, 0) is 33.4 Å². The molecule has 1 saturated carbocycles. The minimum absolute atomic E-state index is 0.265. The molecule has 88 valence electrons. The lowest BCUT2D eigenvalue weighted by atomic mass is 9.75. The summed E-state index contributed by atoms with van der Waals surface area (Å²) in [7, 11) is 4.25. The second kappa shape index (κ2) is 4.55. The summed E-state index contributed by atoms with van der Waals surface area (Å²) in [5.41, 5.74) is 0.265. The van der Waals surface area contributed by atoms with Crippen LogP contribution < -0.4 is 5.32 Å². The zero-order chi connectivity index (χ0) is 11.6. The first kappa shape index (κ1) is 11.6. The molecule has 5 heteroatoms. The predicted molar refractivity (Wildman–Crippen MR) is 65.8 cm³/mol. The highest BCUT2D eigenvalue weighted by Crippen LogP contribution is 2.36. The number of aromatic nitrogens is 2. The Kier molecular flexibility index (Phi) is 3.30. The van der Waals surface area contributed by atoms with Gasteiger partial charge in [0.1, 0.15) is 0 Å². The lowest BCUT2D eigenvalue weighted by molar-refractivity contribution is 0.0738. The summed E-state index contributed by atoms with van der Waals surface area (Å²) in [6.07, 6.45) is 7.00. The Morgan fingerprint density at radius 3 is 2.56 bits per heavy atom. The molecule has 1 N–H and O–H groups in total. The molecule has 1 aliphatic rings. The number of rotatable bonds is 4. The summed E-state index contributed by atoms with van der Waals surface area (Å²) in [5.74, 6) is 0.678. The summed E-state index contributed by atoms with van der Waals surface area (Å²) >= 11 is 5.94. The van der Waals surface area contributed by atoms with Crippen molar-refractivity contribution in [2.75, 3.05) is 26.0 Å². The third-order valence-electron chi connectivity index (χ3n) is 3.47. The molecule has 16 heavy (non-hydrogen) atoms. The Morgan fingerprint density at radius 2 is 2.06 bits per heavy atom. The van der Waals surface area contributed by atoms with Crippen molar-refractivity contribution in [1.29, 1.82) is 0 Å². The predicted octanol–water partition coefficient (Wildman–Crippen LogP) is 2.03. The second-order valence-corrected chi connectivity index (χ2v) is 4.88. The van der Waals surface area contributed by atoms with Gasteiger partial charge in [-0.25, -0.2) is 9.97 Å². The van der Waals surface area contributed by atoms with E-state index >= 15 is 0 Å². The van der Waals surface area contributed by atoms with Crippen molar-refractivity contribution in [2.24, 2.45) is 0 Å². The maximum Gasteiger partial charge on any atom is 0.171 e. The number of halogens is 1. The van der Waals surface area contributed by atoms with Crippen LogP contribution in [-0.2, 0) is 0 Å². The van der Waals surface area contributed by atoms with E-state index in [1.54, 1.807) is 12.4 Å². The molecule has 0 amide bonds. The van der Waals surface area contributed by atoms with Crippen LogP contribution in [0.15, 0.2) is 12.4 Å². The van der Waals surface area contributed by atoms with Crippen LogP contribution >= 0.6 is 11.6 Å². The van der Waals surface area contributed by atoms with E-state index in [0.717, 1.165) is 6.54 Å². The van der Waals surface area contributed by atoms with Gasteiger partial charge in [-0.2, -0.15) is 0 Å². The van der Waals surface area contributed by atoms with Gasteiger partial charge in [0.2, 0.25) is 0 Å². The lowest BCUT2D eigenvalue weighted by Gasteiger charge is -2.47. The largest absolute Gasteiger partial charge is 0.366 e. The molecule has 0 bridgehead atoms. The molecular formula is C11H17ClN4. The topological polar surface area (TPSA) is 41.0 Å². The Hall–Kier alpha value is -0.870. The van der Waals surface area contributed by atoms with Crippen molar-refractivity contribution < 1.29 is 0 Å². The highest BCUT2D eigenvalue weighted by atomic mass is 35.5. The average molecular weight is 241 g/mol. The first-order valence-electron chi connectivity index (χ1n) is 5.52. The minimum Gasteiger partial charge on any atom is -0.366 e. The smallest absolute Gasteiger partial charge is 0.171 e. The second-order valence-electron chi connectivity index (χ2n) is 4.52. The first-order chi connectivity index (χ1) is 7.64. The van der Waals surface area contributed by atoms with Gasteiger partial charge in [0.15, 0.2) is 11.0 Å². The molecule has 0 aromatic carbocycles. The molecule has 4 nitrogen and oxygen atoms in total. The van der Waals surface area contributed by atoms with Gasteiger partial charge < -0.3 is 10.2 Å². The summed E-state index contributed by atoms with van der Waals surface area (Å²) in [6, 6.07) is 0. The molecule has 1 aromatic rings. The van der Waals surface area contributed by atoms with Crippen LogP contribution in [0, 0.1) is 0 Å². The first-order valence-corrected chi connectivity index (χ1v) is 5.90. The molecule has 0 saturated heterocycles. The minimum atomic E-state index is 0.265. The normalized spacial score (nSPS) is 18.2. The van der Waals surface area contributed by atoms with Gasteiger partial charge in [0.25, 0.3) is 0 Å². The van der Waals surface area contributed by atoms with Crippen LogP contribution in [0.5, 0.6) is 0 Å². The number of hydrogen-bond donors (Lipinski definition) is 1. The zero-order valence-corrected chi connectivity index (χ0v) is 10.5. The van der Waals surface area contributed by atoms with E-state index in [-0.39, 0.29) is 5.54 Å². The summed E-state index contributed by atoms with van der Waals surface area (Å²) in [6.45, 7) is 0.873. The quantitative estimate of drug-likeness (QED) is 0.875. The molecule has 1 fully saturated rings. The molecule has 1 aromatic heterocycles. The maximum atomic E-state index is 5.94. The van der Waals surface area contributed by atoms with Crippen LogP contribution in [0.4, 0.5) is 5.82 Å². The molecule has 0 aliphatic heterocycles. The molecule has 2 rings (SSSR count). The zero-order valence-electron chi connectivity index (χ0n) is 9.70. The Labute approximate surface area is 101 Å². The van der Waals surface area contributed by atoms with Gasteiger partial charge in [-0.1, -0.05) is 11.6 Å². The standard InChI is InChI=1S/C11H17ClN4/c1-16(2)11(4-3-5-11)8-15-10-9(12)13-6-7-14-10/h6-7H,3-5,8H2,1-2H3,(H,14,15). The molecule has 0 radical (unpaired) electrons. The van der Waals surface area contributed by atoms with Gasteiger partial charge in [-0.3, -0.25) is 0 Å². The van der Waals surface area contributed by atoms with Crippen LogP contribution in [0.2, 0.25) is 5.15 Å².